The van der Waals surface area contributed by atoms with Crippen LogP contribution in [-0.2, 0) is 10.0 Å². The van der Waals surface area contributed by atoms with Crippen molar-refractivity contribution in [1.29, 1.82) is 0 Å². The van der Waals surface area contributed by atoms with E-state index in [0.29, 0.717) is 4.34 Å². The monoisotopic (exact) mass is 397 g/mol. The maximum Gasteiger partial charge on any atom is 0.272 e. The van der Waals surface area contributed by atoms with Crippen LogP contribution in [0.2, 0.25) is 4.34 Å². The van der Waals surface area contributed by atoms with Gasteiger partial charge in [0.2, 0.25) is 0 Å². The molecule has 0 aliphatic heterocycles. The second-order valence-corrected chi connectivity index (χ2v) is 9.51. The van der Waals surface area contributed by atoms with Crippen molar-refractivity contribution in [2.75, 3.05) is 16.6 Å². The molecule has 2 aromatic rings. The first-order chi connectivity index (χ1) is 12.0. The predicted octanol–water partition coefficient (Wildman–Crippen LogP) is 4.90. The van der Waals surface area contributed by atoms with Crippen LogP contribution < -0.4 is 10.0 Å². The lowest BCUT2D eigenvalue weighted by Crippen LogP contribution is -2.12. The molecule has 1 aliphatic carbocycles. The maximum absolute atomic E-state index is 12.2. The quantitative estimate of drug-likeness (QED) is 0.652. The van der Waals surface area contributed by atoms with Gasteiger partial charge in [-0.15, -0.1) is 11.3 Å². The van der Waals surface area contributed by atoms with Gasteiger partial charge in [0.25, 0.3) is 10.0 Å². The van der Waals surface area contributed by atoms with Gasteiger partial charge in [0.1, 0.15) is 10.0 Å². The molecule has 0 bridgehead atoms. The van der Waals surface area contributed by atoms with Gasteiger partial charge in [0.15, 0.2) is 0 Å². The topological polar surface area (TPSA) is 71.1 Å². The number of halogens is 1. The van der Waals surface area contributed by atoms with Crippen LogP contribution in [0.15, 0.2) is 46.3 Å². The van der Waals surface area contributed by atoms with E-state index in [-0.39, 0.29) is 10.0 Å². The van der Waals surface area contributed by atoms with Gasteiger partial charge >= 0.3 is 0 Å². The van der Waals surface area contributed by atoms with E-state index in [1.165, 1.54) is 37.3 Å². The fourth-order valence-electron chi connectivity index (χ4n) is 2.69. The third-order valence-electron chi connectivity index (χ3n) is 3.98. The van der Waals surface area contributed by atoms with Crippen molar-refractivity contribution in [2.45, 2.75) is 36.3 Å². The highest BCUT2D eigenvalue weighted by molar-refractivity contribution is 7.94. The highest BCUT2D eigenvalue weighted by Crippen LogP contribution is 2.27. The van der Waals surface area contributed by atoms with Crippen molar-refractivity contribution in [3.05, 3.63) is 46.4 Å². The number of anilines is 2. The largest absolute Gasteiger partial charge is 0.383 e. The van der Waals surface area contributed by atoms with Crippen molar-refractivity contribution in [2.24, 2.45) is 0 Å². The Bertz CT molecular complexity index is 845. The minimum absolute atomic E-state index is 0.169. The molecule has 5 nitrogen and oxygen atoms in total. The van der Waals surface area contributed by atoms with Crippen molar-refractivity contribution in [3.8, 4) is 0 Å². The van der Waals surface area contributed by atoms with Crippen molar-refractivity contribution in [3.63, 3.8) is 0 Å². The third-order valence-corrected chi connectivity index (χ3v) is 7.05. The number of thiophene rings is 1. The number of pyridine rings is 1. The van der Waals surface area contributed by atoms with Gasteiger partial charge < -0.3 is 5.32 Å². The summed E-state index contributed by atoms with van der Waals surface area (Å²) < 4.78 is 27.5. The number of hydrogen-bond donors (Lipinski definition) is 2. The van der Waals surface area contributed by atoms with Crippen molar-refractivity contribution >= 4 is 44.5 Å². The Morgan fingerprint density at radius 2 is 2.08 bits per heavy atom. The third kappa shape index (κ3) is 5.20. The van der Waals surface area contributed by atoms with Crippen molar-refractivity contribution < 1.29 is 8.42 Å². The van der Waals surface area contributed by atoms with Crippen LogP contribution in [-0.4, -0.2) is 19.9 Å². The van der Waals surface area contributed by atoms with Gasteiger partial charge in [-0.1, -0.05) is 23.3 Å². The number of aromatic nitrogens is 1. The van der Waals surface area contributed by atoms with Gasteiger partial charge in [-0.25, -0.2) is 13.4 Å². The highest BCUT2D eigenvalue weighted by Gasteiger charge is 2.17. The molecule has 0 saturated heterocycles. The molecular formula is C17H20ClN3O2S2. The molecule has 2 N–H and O–H groups in total. The number of allylic oxidation sites excluding steroid dienone is 1. The number of hydrogen-bond acceptors (Lipinski definition) is 5. The molecule has 0 unspecified atom stereocenters. The van der Waals surface area contributed by atoms with E-state index in [0.717, 1.165) is 30.0 Å². The van der Waals surface area contributed by atoms with E-state index in [2.05, 4.69) is 21.1 Å². The van der Waals surface area contributed by atoms with Crippen LogP contribution >= 0.6 is 22.9 Å². The summed E-state index contributed by atoms with van der Waals surface area (Å²) >= 11 is 6.80. The van der Waals surface area contributed by atoms with Crippen LogP contribution in [0.4, 0.5) is 11.5 Å². The van der Waals surface area contributed by atoms with E-state index in [4.69, 9.17) is 11.6 Å². The van der Waals surface area contributed by atoms with Crippen LogP contribution in [0.1, 0.15) is 32.1 Å². The Morgan fingerprint density at radius 3 is 2.72 bits per heavy atom. The molecule has 1 aliphatic rings. The fourth-order valence-corrected chi connectivity index (χ4v) is 5.18. The van der Waals surface area contributed by atoms with Gasteiger partial charge in [-0.2, -0.15) is 0 Å². The first kappa shape index (κ1) is 18.2. The lowest BCUT2D eigenvalue weighted by molar-refractivity contribution is 0.603. The fraction of sp³-hybridized carbons (Fsp3) is 0.353. The molecule has 0 fully saturated rings. The molecule has 25 heavy (non-hydrogen) atoms. The molecule has 0 radical (unpaired) electrons. The molecule has 2 heterocycles. The Kier molecular flexibility index (Phi) is 5.98. The SMILES string of the molecule is O=S(=O)(Nc1ccc(NCCC2=CCCCC2)cn1)c1ccc(Cl)s1. The molecule has 0 atom stereocenters. The van der Waals surface area contributed by atoms with E-state index in [9.17, 15) is 8.42 Å². The number of nitrogens with zero attached hydrogens (tertiary/aromatic N) is 1. The molecular weight excluding hydrogens is 378 g/mol. The Hall–Kier alpha value is -1.57. The summed E-state index contributed by atoms with van der Waals surface area (Å²) in [6, 6.07) is 6.50. The lowest BCUT2D eigenvalue weighted by Gasteiger charge is -2.13. The van der Waals surface area contributed by atoms with Gasteiger partial charge in [-0.3, -0.25) is 4.72 Å². The number of rotatable bonds is 7. The van der Waals surface area contributed by atoms with Gasteiger partial charge in [0, 0.05) is 6.54 Å². The second-order valence-electron chi connectivity index (χ2n) is 5.88. The zero-order chi connectivity index (χ0) is 17.7. The van der Waals surface area contributed by atoms with E-state index in [1.54, 1.807) is 18.3 Å². The zero-order valence-electron chi connectivity index (χ0n) is 13.7. The Morgan fingerprint density at radius 1 is 1.20 bits per heavy atom. The molecule has 134 valence electrons. The summed E-state index contributed by atoms with van der Waals surface area (Å²) in [4.78, 5) is 4.17. The van der Waals surface area contributed by atoms with E-state index < -0.39 is 10.0 Å². The average molecular weight is 398 g/mol. The molecule has 2 aromatic heterocycles. The molecule has 0 aromatic carbocycles. The number of sulfonamides is 1. The highest BCUT2D eigenvalue weighted by atomic mass is 35.5. The van der Waals surface area contributed by atoms with Gasteiger partial charge in [0.05, 0.1) is 16.2 Å². The molecule has 3 rings (SSSR count). The zero-order valence-corrected chi connectivity index (χ0v) is 16.1. The molecule has 0 saturated carbocycles. The van der Waals surface area contributed by atoms with Gasteiger partial charge in [-0.05, 0) is 56.4 Å². The maximum atomic E-state index is 12.2. The van der Waals surface area contributed by atoms with Crippen LogP contribution in [0.25, 0.3) is 0 Å². The summed E-state index contributed by atoms with van der Waals surface area (Å²) in [5.74, 6) is 0.282. The molecule has 0 amide bonds. The van der Waals surface area contributed by atoms with Crippen molar-refractivity contribution in [1.82, 2.24) is 4.98 Å². The summed E-state index contributed by atoms with van der Waals surface area (Å²) in [5.41, 5.74) is 2.39. The van der Waals surface area contributed by atoms with Crippen LogP contribution in [0.3, 0.4) is 0 Å². The summed E-state index contributed by atoms with van der Waals surface area (Å²) in [7, 11) is -3.64. The summed E-state index contributed by atoms with van der Waals surface area (Å²) in [6.45, 7) is 0.853. The molecule has 0 spiro atoms. The Labute approximate surface area is 157 Å². The number of nitrogens with one attached hydrogen (secondary N) is 2. The first-order valence-electron chi connectivity index (χ1n) is 8.19. The second kappa shape index (κ2) is 8.21. The van der Waals surface area contributed by atoms with Crippen LogP contribution in [0, 0.1) is 0 Å². The minimum atomic E-state index is -3.64. The van der Waals surface area contributed by atoms with E-state index in [1.807, 2.05) is 6.07 Å². The normalized spacial score (nSPS) is 14.8. The summed E-state index contributed by atoms with van der Waals surface area (Å²) in [5, 5.41) is 3.32. The minimum Gasteiger partial charge on any atom is -0.383 e. The van der Waals surface area contributed by atoms with E-state index >= 15 is 0 Å². The first-order valence-corrected chi connectivity index (χ1v) is 10.9. The predicted molar refractivity (Wildman–Crippen MR) is 104 cm³/mol. The lowest BCUT2D eigenvalue weighted by atomic mass is 9.97. The summed E-state index contributed by atoms with van der Waals surface area (Å²) in [6.07, 6.45) is 10.0. The smallest absolute Gasteiger partial charge is 0.272 e. The van der Waals surface area contributed by atoms with Crippen LogP contribution in [0.5, 0.6) is 0 Å². The average Bonchev–Trinajstić information content (AvgIpc) is 3.05. The Balaban J connectivity index is 1.54. The molecule has 8 heteroatoms. The standard InChI is InChI=1S/C17H20ClN3O2S2/c18-15-7-9-17(24-15)25(22,23)21-16-8-6-14(12-20-16)19-11-10-13-4-2-1-3-5-13/h4,6-9,12,19H,1-3,5,10-11H2,(H,20,21).